The Bertz CT molecular complexity index is 1390. The summed E-state index contributed by atoms with van der Waals surface area (Å²) in [6.45, 7) is 5.49. The Kier molecular flexibility index (Phi) is 6.27. The SMILES string of the molecule is Cc1nc2sc([C@H](c3ccccc3)N3CCN(C(c4ccccc4)c4ccccc4)CC3)c(O)n2n1. The van der Waals surface area contributed by atoms with Crippen LogP contribution in [-0.4, -0.2) is 55.7 Å². The van der Waals surface area contributed by atoms with Crippen LogP contribution in [0.2, 0.25) is 0 Å². The Morgan fingerprint density at radius 2 is 1.14 bits per heavy atom. The zero-order valence-electron chi connectivity index (χ0n) is 20.2. The van der Waals surface area contributed by atoms with Crippen LogP contribution in [0.4, 0.5) is 0 Å². The second kappa shape index (κ2) is 9.85. The summed E-state index contributed by atoms with van der Waals surface area (Å²) >= 11 is 1.53. The Hall–Kier alpha value is -3.52. The molecule has 0 saturated carbocycles. The molecule has 1 aliphatic heterocycles. The van der Waals surface area contributed by atoms with Gasteiger partial charge in [0.25, 0.3) is 0 Å². The lowest BCUT2D eigenvalue weighted by molar-refractivity contribution is 0.0899. The molecule has 2 aromatic heterocycles. The molecule has 1 atom stereocenters. The molecule has 0 unspecified atom stereocenters. The van der Waals surface area contributed by atoms with Crippen molar-refractivity contribution in [2.75, 3.05) is 26.2 Å². The van der Waals surface area contributed by atoms with Gasteiger partial charge in [0.2, 0.25) is 10.8 Å². The van der Waals surface area contributed by atoms with E-state index < -0.39 is 0 Å². The van der Waals surface area contributed by atoms with Crippen molar-refractivity contribution < 1.29 is 5.11 Å². The molecule has 6 nitrogen and oxygen atoms in total. The first kappa shape index (κ1) is 22.9. The fourth-order valence-electron chi connectivity index (χ4n) is 5.33. The van der Waals surface area contributed by atoms with Crippen molar-refractivity contribution in [3.8, 4) is 5.88 Å². The van der Waals surface area contributed by atoms with Gasteiger partial charge in [0.1, 0.15) is 5.82 Å². The lowest BCUT2D eigenvalue weighted by atomic mass is 9.96. The van der Waals surface area contributed by atoms with Crippen molar-refractivity contribution in [2.45, 2.75) is 19.0 Å². The van der Waals surface area contributed by atoms with E-state index in [1.54, 1.807) is 4.52 Å². The number of hydrogen-bond acceptors (Lipinski definition) is 6. The van der Waals surface area contributed by atoms with Gasteiger partial charge in [-0.3, -0.25) is 9.80 Å². The maximum absolute atomic E-state index is 11.1. The summed E-state index contributed by atoms with van der Waals surface area (Å²) in [7, 11) is 0. The number of aryl methyl sites for hydroxylation is 1. The summed E-state index contributed by atoms with van der Waals surface area (Å²) in [5, 5.41) is 15.5. The van der Waals surface area contributed by atoms with E-state index in [1.165, 1.54) is 28.0 Å². The Morgan fingerprint density at radius 3 is 1.61 bits per heavy atom. The molecule has 6 rings (SSSR count). The lowest BCUT2D eigenvalue weighted by Crippen LogP contribution is -2.49. The maximum Gasteiger partial charge on any atom is 0.230 e. The van der Waals surface area contributed by atoms with Gasteiger partial charge in [0.05, 0.1) is 17.0 Å². The van der Waals surface area contributed by atoms with Crippen molar-refractivity contribution in [3.05, 3.63) is 118 Å². The van der Waals surface area contributed by atoms with Crippen LogP contribution in [0.15, 0.2) is 91.0 Å². The number of thiazole rings is 1. The topological polar surface area (TPSA) is 56.9 Å². The molecule has 0 radical (unpaired) electrons. The summed E-state index contributed by atoms with van der Waals surface area (Å²) in [6, 6.07) is 32.2. The average molecular weight is 496 g/mol. The molecule has 3 heterocycles. The number of piperazine rings is 1. The quantitative estimate of drug-likeness (QED) is 0.346. The van der Waals surface area contributed by atoms with Gasteiger partial charge in [-0.25, -0.2) is 4.98 Å². The fourth-order valence-corrected chi connectivity index (χ4v) is 6.49. The largest absolute Gasteiger partial charge is 0.492 e. The summed E-state index contributed by atoms with van der Waals surface area (Å²) < 4.78 is 1.57. The first-order valence-electron chi connectivity index (χ1n) is 12.4. The van der Waals surface area contributed by atoms with Crippen molar-refractivity contribution in [2.24, 2.45) is 0 Å². The predicted octanol–water partition coefficient (Wildman–Crippen LogP) is 5.30. The van der Waals surface area contributed by atoms with Gasteiger partial charge in [-0.15, -0.1) is 5.10 Å². The molecule has 3 aromatic carbocycles. The molecule has 182 valence electrons. The van der Waals surface area contributed by atoms with Crippen molar-refractivity contribution in [1.29, 1.82) is 0 Å². The summed E-state index contributed by atoms with van der Waals surface area (Å²) in [6.07, 6.45) is 0. The highest BCUT2D eigenvalue weighted by Crippen LogP contribution is 2.41. The van der Waals surface area contributed by atoms with Crippen LogP contribution in [-0.2, 0) is 0 Å². The van der Waals surface area contributed by atoms with Crippen LogP contribution >= 0.6 is 11.3 Å². The van der Waals surface area contributed by atoms with Crippen LogP contribution in [0, 0.1) is 6.92 Å². The van der Waals surface area contributed by atoms with Gasteiger partial charge in [-0.2, -0.15) is 4.52 Å². The molecule has 1 fully saturated rings. The molecular weight excluding hydrogens is 466 g/mol. The average Bonchev–Trinajstić information content (AvgIpc) is 3.44. The third kappa shape index (κ3) is 4.30. The van der Waals surface area contributed by atoms with Gasteiger partial charge >= 0.3 is 0 Å². The maximum atomic E-state index is 11.1. The molecule has 0 aliphatic carbocycles. The van der Waals surface area contributed by atoms with E-state index in [0.717, 1.165) is 36.0 Å². The van der Waals surface area contributed by atoms with E-state index in [0.29, 0.717) is 5.82 Å². The third-order valence-electron chi connectivity index (χ3n) is 6.98. The zero-order valence-corrected chi connectivity index (χ0v) is 21.1. The second-order valence-electron chi connectivity index (χ2n) is 9.25. The van der Waals surface area contributed by atoms with Crippen molar-refractivity contribution in [3.63, 3.8) is 0 Å². The monoisotopic (exact) mass is 495 g/mol. The normalized spacial score (nSPS) is 16.1. The Morgan fingerprint density at radius 1 is 0.694 bits per heavy atom. The minimum Gasteiger partial charge on any atom is -0.492 e. The molecule has 1 N–H and O–H groups in total. The predicted molar refractivity (Wildman–Crippen MR) is 143 cm³/mol. The summed E-state index contributed by atoms with van der Waals surface area (Å²) in [5.74, 6) is 0.860. The molecular formula is C29H29N5OS. The van der Waals surface area contributed by atoms with E-state index >= 15 is 0 Å². The van der Waals surface area contributed by atoms with Gasteiger partial charge < -0.3 is 5.11 Å². The Balaban J connectivity index is 1.31. The first-order valence-corrected chi connectivity index (χ1v) is 13.2. The number of fused-ring (bicyclic) bond motifs is 1. The van der Waals surface area contributed by atoms with Crippen LogP contribution in [0.5, 0.6) is 5.88 Å². The highest BCUT2D eigenvalue weighted by atomic mass is 32.1. The lowest BCUT2D eigenvalue weighted by Gasteiger charge is -2.42. The minimum absolute atomic E-state index is 0.0472. The molecule has 0 amide bonds. The van der Waals surface area contributed by atoms with Gasteiger partial charge in [0, 0.05) is 26.2 Å². The smallest absolute Gasteiger partial charge is 0.230 e. The van der Waals surface area contributed by atoms with E-state index in [2.05, 4.69) is 105 Å². The van der Waals surface area contributed by atoms with Crippen molar-refractivity contribution in [1.82, 2.24) is 24.4 Å². The first-order chi connectivity index (χ1) is 17.7. The van der Waals surface area contributed by atoms with E-state index in [1.807, 2.05) is 13.0 Å². The summed E-state index contributed by atoms with van der Waals surface area (Å²) in [5.41, 5.74) is 3.80. The second-order valence-corrected chi connectivity index (χ2v) is 10.3. The van der Waals surface area contributed by atoms with Gasteiger partial charge in [-0.05, 0) is 23.6 Å². The standard InChI is InChI=1S/C29H29N5OS/c1-21-30-29-34(31-21)28(35)27(36-29)26(24-15-9-4-10-16-24)33-19-17-32(18-20-33)25(22-11-5-2-6-12-22)23-13-7-3-8-14-23/h2-16,25-26,35H,17-20H2,1H3/t26-/m0/s1. The minimum atomic E-state index is -0.0472. The number of nitrogens with zero attached hydrogens (tertiary/aromatic N) is 5. The molecule has 0 bridgehead atoms. The number of aromatic hydroxyl groups is 1. The number of aromatic nitrogens is 3. The molecule has 7 heteroatoms. The molecule has 1 aliphatic rings. The van der Waals surface area contributed by atoms with Gasteiger partial charge in [-0.1, -0.05) is 102 Å². The van der Waals surface area contributed by atoms with Crippen LogP contribution in [0.25, 0.3) is 4.96 Å². The van der Waals surface area contributed by atoms with Gasteiger partial charge in [0.15, 0.2) is 0 Å². The fraction of sp³-hybridized carbons (Fsp3) is 0.241. The van der Waals surface area contributed by atoms with Crippen LogP contribution in [0.1, 0.15) is 39.5 Å². The molecule has 1 saturated heterocycles. The van der Waals surface area contributed by atoms with Crippen LogP contribution in [0.3, 0.4) is 0 Å². The summed E-state index contributed by atoms with van der Waals surface area (Å²) in [4.78, 5) is 11.2. The number of hydrogen-bond donors (Lipinski definition) is 1. The molecule has 0 spiro atoms. The van der Waals surface area contributed by atoms with Crippen LogP contribution < -0.4 is 0 Å². The van der Waals surface area contributed by atoms with E-state index in [-0.39, 0.29) is 18.0 Å². The van der Waals surface area contributed by atoms with Crippen molar-refractivity contribution >= 4 is 16.3 Å². The third-order valence-corrected chi connectivity index (χ3v) is 8.05. The highest BCUT2D eigenvalue weighted by molar-refractivity contribution is 7.17. The number of benzene rings is 3. The molecule has 5 aromatic rings. The highest BCUT2D eigenvalue weighted by Gasteiger charge is 2.33. The van der Waals surface area contributed by atoms with E-state index in [9.17, 15) is 5.11 Å². The number of rotatable bonds is 6. The molecule has 36 heavy (non-hydrogen) atoms. The Labute approximate surface area is 215 Å². The zero-order chi connectivity index (χ0) is 24.5. The van der Waals surface area contributed by atoms with E-state index in [4.69, 9.17) is 0 Å².